The van der Waals surface area contributed by atoms with E-state index in [0.717, 1.165) is 38.2 Å². The zero-order chi connectivity index (χ0) is 20.6. The maximum Gasteiger partial charge on any atom is 0.135 e. The molecule has 0 aliphatic heterocycles. The van der Waals surface area contributed by atoms with E-state index in [1.807, 2.05) is 18.3 Å². The molecule has 4 aromatic heterocycles. The van der Waals surface area contributed by atoms with Crippen LogP contribution in [0.2, 0.25) is 0 Å². The van der Waals surface area contributed by atoms with E-state index in [0.29, 0.717) is 0 Å². The predicted octanol–water partition coefficient (Wildman–Crippen LogP) is 8.08. The summed E-state index contributed by atoms with van der Waals surface area (Å²) in [4.78, 5) is 10.4. The van der Waals surface area contributed by atoms with E-state index in [4.69, 9.17) is 9.40 Å². The van der Waals surface area contributed by atoms with E-state index in [2.05, 4.69) is 67.5 Å². The van der Waals surface area contributed by atoms with E-state index >= 15 is 0 Å². The van der Waals surface area contributed by atoms with E-state index in [1.54, 1.807) is 17.7 Å². The number of benzene rings is 2. The van der Waals surface area contributed by atoms with Crippen LogP contribution in [0.1, 0.15) is 32.1 Å². The Morgan fingerprint density at radius 3 is 2.63 bits per heavy atom. The smallest absolute Gasteiger partial charge is 0.135 e. The van der Waals surface area contributed by atoms with Crippen LogP contribution in [-0.4, -0.2) is 9.97 Å². The number of furan rings is 1. The Balaban J connectivity index is 1.72. The van der Waals surface area contributed by atoms with Gasteiger partial charge in [0.25, 0.3) is 0 Å². The molecule has 0 radical (unpaired) electrons. The van der Waals surface area contributed by atoms with Gasteiger partial charge < -0.3 is 4.42 Å². The van der Waals surface area contributed by atoms with Crippen molar-refractivity contribution in [3.05, 3.63) is 59.4 Å². The molecular weight excluding hydrogens is 408 g/mol. The minimum atomic E-state index is 0.0580. The Morgan fingerprint density at radius 1 is 0.933 bits per heavy atom. The summed E-state index contributed by atoms with van der Waals surface area (Å²) < 4.78 is 8.43. The minimum absolute atomic E-state index is 0.0580. The highest BCUT2D eigenvalue weighted by Gasteiger charge is 2.22. The van der Waals surface area contributed by atoms with Crippen molar-refractivity contribution in [3.8, 4) is 11.3 Å². The van der Waals surface area contributed by atoms with Crippen molar-refractivity contribution < 1.29 is 4.42 Å². The maximum absolute atomic E-state index is 5.85. The lowest BCUT2D eigenvalue weighted by molar-refractivity contribution is 0.579. The van der Waals surface area contributed by atoms with Gasteiger partial charge in [0.15, 0.2) is 0 Å². The number of hydrogen-bond acceptors (Lipinski definition) is 5. The van der Waals surface area contributed by atoms with Crippen LogP contribution >= 0.6 is 22.7 Å². The summed E-state index contributed by atoms with van der Waals surface area (Å²) in [6.45, 7) is 8.82. The standard InChI is InChI=1S/C25H20N2OS2/c1-13-9-17-19(28-13)6-5-16-20-21(26-12-27-24(20)30-23(16)17)15-10-14-7-8-29-22(14)18(11-15)25(2,3)4/h5-12H,1-4H3. The lowest BCUT2D eigenvalue weighted by Crippen LogP contribution is -2.11. The first kappa shape index (κ1) is 18.0. The van der Waals surface area contributed by atoms with Crippen molar-refractivity contribution in [1.29, 1.82) is 0 Å². The molecule has 30 heavy (non-hydrogen) atoms. The fraction of sp³-hybridized carbons (Fsp3) is 0.200. The molecule has 5 heteroatoms. The number of nitrogens with zero attached hydrogens (tertiary/aromatic N) is 2. The SMILES string of the molecule is Cc1cc2c(ccc3c2sc2ncnc(-c4cc(C(C)(C)C)c5sccc5c4)c23)o1. The topological polar surface area (TPSA) is 38.9 Å². The molecule has 0 aliphatic carbocycles. The molecule has 6 aromatic rings. The van der Waals surface area contributed by atoms with Gasteiger partial charge in [-0.25, -0.2) is 9.97 Å². The Bertz CT molecular complexity index is 1590. The van der Waals surface area contributed by atoms with E-state index < -0.39 is 0 Å². The van der Waals surface area contributed by atoms with Crippen LogP contribution in [0.5, 0.6) is 0 Å². The number of aromatic nitrogens is 2. The normalized spacial score (nSPS) is 12.7. The zero-order valence-corrected chi connectivity index (χ0v) is 18.9. The second-order valence-corrected chi connectivity index (χ2v) is 10.7. The van der Waals surface area contributed by atoms with Gasteiger partial charge in [0, 0.05) is 31.1 Å². The first-order valence-corrected chi connectivity index (χ1v) is 11.7. The summed E-state index contributed by atoms with van der Waals surface area (Å²) in [6, 6.07) is 13.1. The third-order valence-electron chi connectivity index (χ3n) is 5.69. The molecule has 0 amide bonds. The van der Waals surface area contributed by atoms with Crippen molar-refractivity contribution in [2.24, 2.45) is 0 Å². The molecule has 4 heterocycles. The lowest BCUT2D eigenvalue weighted by Gasteiger charge is -2.21. The van der Waals surface area contributed by atoms with Gasteiger partial charge in [0.2, 0.25) is 0 Å². The second-order valence-electron chi connectivity index (χ2n) is 8.83. The summed E-state index contributed by atoms with van der Waals surface area (Å²) in [5.74, 6) is 0.930. The minimum Gasteiger partial charge on any atom is -0.461 e. The third-order valence-corrected chi connectivity index (χ3v) is 7.80. The van der Waals surface area contributed by atoms with Crippen molar-refractivity contribution in [1.82, 2.24) is 9.97 Å². The van der Waals surface area contributed by atoms with Gasteiger partial charge >= 0.3 is 0 Å². The van der Waals surface area contributed by atoms with Gasteiger partial charge in [-0.15, -0.1) is 22.7 Å². The fourth-order valence-corrected chi connectivity index (χ4v) is 6.56. The van der Waals surface area contributed by atoms with Gasteiger partial charge in [-0.1, -0.05) is 20.8 Å². The highest BCUT2D eigenvalue weighted by molar-refractivity contribution is 7.26. The Kier molecular flexibility index (Phi) is 3.68. The van der Waals surface area contributed by atoms with Crippen molar-refractivity contribution in [3.63, 3.8) is 0 Å². The molecule has 0 fully saturated rings. The monoisotopic (exact) mass is 428 g/mol. The number of thiophene rings is 2. The van der Waals surface area contributed by atoms with Gasteiger partial charge in [0.05, 0.1) is 5.69 Å². The predicted molar refractivity (Wildman–Crippen MR) is 129 cm³/mol. The summed E-state index contributed by atoms with van der Waals surface area (Å²) >= 11 is 3.53. The first-order valence-electron chi connectivity index (χ1n) is 9.98. The molecule has 0 N–H and O–H groups in total. The highest BCUT2D eigenvalue weighted by Crippen LogP contribution is 2.43. The molecular formula is C25H20N2OS2. The maximum atomic E-state index is 5.85. The molecule has 6 rings (SSSR count). The molecule has 0 saturated carbocycles. The zero-order valence-electron chi connectivity index (χ0n) is 17.2. The molecule has 0 saturated heterocycles. The molecule has 148 valence electrons. The van der Waals surface area contributed by atoms with Crippen LogP contribution in [0.4, 0.5) is 0 Å². The van der Waals surface area contributed by atoms with Crippen LogP contribution < -0.4 is 0 Å². The molecule has 2 aromatic carbocycles. The molecule has 0 bridgehead atoms. The van der Waals surface area contributed by atoms with Crippen LogP contribution in [0.3, 0.4) is 0 Å². The second kappa shape index (κ2) is 6.13. The van der Waals surface area contributed by atoms with Crippen LogP contribution in [-0.2, 0) is 5.41 Å². The lowest BCUT2D eigenvalue weighted by atomic mass is 9.85. The van der Waals surface area contributed by atoms with E-state index in [1.165, 1.54) is 25.7 Å². The summed E-state index contributed by atoms with van der Waals surface area (Å²) in [5, 5.41) is 6.94. The van der Waals surface area contributed by atoms with Crippen molar-refractivity contribution >= 4 is 64.0 Å². The van der Waals surface area contributed by atoms with Crippen molar-refractivity contribution in [2.45, 2.75) is 33.1 Å². The van der Waals surface area contributed by atoms with E-state index in [9.17, 15) is 0 Å². The Labute approximate surface area is 182 Å². The first-order chi connectivity index (χ1) is 14.4. The summed E-state index contributed by atoms with van der Waals surface area (Å²) in [6.07, 6.45) is 1.69. The largest absolute Gasteiger partial charge is 0.461 e. The number of hydrogen-bond donors (Lipinski definition) is 0. The van der Waals surface area contributed by atoms with E-state index in [-0.39, 0.29) is 5.41 Å². The fourth-order valence-electron chi connectivity index (χ4n) is 4.30. The van der Waals surface area contributed by atoms with Crippen molar-refractivity contribution in [2.75, 3.05) is 0 Å². The highest BCUT2D eigenvalue weighted by atomic mass is 32.1. The molecule has 0 atom stereocenters. The molecule has 0 spiro atoms. The average molecular weight is 429 g/mol. The summed E-state index contributed by atoms with van der Waals surface area (Å²) in [7, 11) is 0. The van der Waals surface area contributed by atoms with Crippen LogP contribution in [0.25, 0.3) is 52.6 Å². The number of fused-ring (bicyclic) bond motifs is 6. The number of aryl methyl sites for hydroxylation is 1. The van der Waals surface area contributed by atoms with Gasteiger partial charge in [0.1, 0.15) is 22.5 Å². The van der Waals surface area contributed by atoms with Crippen LogP contribution in [0, 0.1) is 6.92 Å². The number of rotatable bonds is 1. The Hall–Kier alpha value is -2.76. The summed E-state index contributed by atoms with van der Waals surface area (Å²) in [5.41, 5.74) is 4.51. The third kappa shape index (κ3) is 2.55. The van der Waals surface area contributed by atoms with Crippen LogP contribution in [0.15, 0.2) is 52.5 Å². The molecule has 3 nitrogen and oxygen atoms in total. The van der Waals surface area contributed by atoms with Gasteiger partial charge in [-0.3, -0.25) is 0 Å². The van der Waals surface area contributed by atoms with Gasteiger partial charge in [-0.05, 0) is 65.1 Å². The quantitative estimate of drug-likeness (QED) is 0.266. The molecule has 0 unspecified atom stereocenters. The molecule has 0 aliphatic rings. The van der Waals surface area contributed by atoms with Gasteiger partial charge in [-0.2, -0.15) is 0 Å². The Morgan fingerprint density at radius 2 is 1.80 bits per heavy atom. The average Bonchev–Trinajstić information content (AvgIpc) is 3.40.